The molecule has 0 saturated heterocycles. The molecule has 0 spiro atoms. The molecule has 1 amide bonds. The lowest BCUT2D eigenvalue weighted by Crippen LogP contribution is -2.38. The number of carbonyl (C=O) groups excluding carboxylic acids is 1. The molecule has 3 rings (SSSR count). The average molecular weight is 312 g/mol. The Morgan fingerprint density at radius 3 is 2.74 bits per heavy atom. The zero-order chi connectivity index (χ0) is 16.2. The van der Waals surface area contributed by atoms with Crippen molar-refractivity contribution in [1.82, 2.24) is 15.3 Å². The number of amides is 1. The van der Waals surface area contributed by atoms with E-state index in [4.69, 9.17) is 5.73 Å². The number of nitrogens with zero attached hydrogens (tertiary/aromatic N) is 2. The quantitative estimate of drug-likeness (QED) is 0.801. The summed E-state index contributed by atoms with van der Waals surface area (Å²) in [6.45, 7) is 0. The number of carbonyl (C=O) groups is 1. The summed E-state index contributed by atoms with van der Waals surface area (Å²) in [5, 5.41) is 12.6. The van der Waals surface area contributed by atoms with Crippen molar-refractivity contribution in [3.63, 3.8) is 0 Å². The number of benzene rings is 1. The number of aliphatic hydroxyl groups excluding tert-OH is 1. The molecular formula is C17H20N4O2. The highest BCUT2D eigenvalue weighted by atomic mass is 16.3. The summed E-state index contributed by atoms with van der Waals surface area (Å²) in [6.07, 6.45) is 5.98. The van der Waals surface area contributed by atoms with Crippen LogP contribution in [-0.4, -0.2) is 33.1 Å². The summed E-state index contributed by atoms with van der Waals surface area (Å²) >= 11 is 0. The summed E-state index contributed by atoms with van der Waals surface area (Å²) in [5.41, 5.74) is 7.68. The maximum absolute atomic E-state index is 12.4. The van der Waals surface area contributed by atoms with Crippen LogP contribution in [0.1, 0.15) is 36.0 Å². The number of nitrogen functional groups attached to an aromatic ring is 1. The molecule has 120 valence electrons. The van der Waals surface area contributed by atoms with E-state index in [1.54, 1.807) is 18.3 Å². The minimum atomic E-state index is -0.228. The highest BCUT2D eigenvalue weighted by Gasteiger charge is 2.21. The van der Waals surface area contributed by atoms with Crippen LogP contribution in [0.15, 0.2) is 36.7 Å². The van der Waals surface area contributed by atoms with Crippen molar-refractivity contribution in [2.24, 2.45) is 0 Å². The molecule has 0 unspecified atom stereocenters. The van der Waals surface area contributed by atoms with E-state index in [0.717, 1.165) is 31.2 Å². The molecule has 0 radical (unpaired) electrons. The molecule has 1 aromatic carbocycles. The molecule has 1 fully saturated rings. The zero-order valence-corrected chi connectivity index (χ0v) is 12.8. The lowest BCUT2D eigenvalue weighted by Gasteiger charge is -2.26. The van der Waals surface area contributed by atoms with Gasteiger partial charge in [-0.2, -0.15) is 0 Å². The lowest BCUT2D eigenvalue weighted by atomic mass is 9.93. The third kappa shape index (κ3) is 3.84. The van der Waals surface area contributed by atoms with Crippen molar-refractivity contribution < 1.29 is 9.90 Å². The fourth-order valence-corrected chi connectivity index (χ4v) is 2.83. The van der Waals surface area contributed by atoms with Crippen LogP contribution < -0.4 is 11.1 Å². The van der Waals surface area contributed by atoms with Crippen molar-refractivity contribution in [1.29, 1.82) is 0 Å². The van der Waals surface area contributed by atoms with E-state index in [-0.39, 0.29) is 18.1 Å². The van der Waals surface area contributed by atoms with Crippen molar-refractivity contribution >= 4 is 11.7 Å². The van der Waals surface area contributed by atoms with Gasteiger partial charge in [-0.15, -0.1) is 0 Å². The Hall–Kier alpha value is -2.47. The molecule has 1 saturated carbocycles. The summed E-state index contributed by atoms with van der Waals surface area (Å²) in [7, 11) is 0. The number of hydrogen-bond acceptors (Lipinski definition) is 5. The Morgan fingerprint density at radius 1 is 1.22 bits per heavy atom. The second-order valence-corrected chi connectivity index (χ2v) is 5.89. The van der Waals surface area contributed by atoms with E-state index in [9.17, 15) is 9.90 Å². The van der Waals surface area contributed by atoms with Crippen LogP contribution in [0.25, 0.3) is 11.3 Å². The van der Waals surface area contributed by atoms with E-state index < -0.39 is 0 Å². The van der Waals surface area contributed by atoms with E-state index in [1.165, 1.54) is 6.20 Å². The van der Waals surface area contributed by atoms with Gasteiger partial charge < -0.3 is 16.2 Å². The van der Waals surface area contributed by atoms with Crippen LogP contribution in [0.4, 0.5) is 5.82 Å². The zero-order valence-electron chi connectivity index (χ0n) is 12.8. The Labute approximate surface area is 134 Å². The van der Waals surface area contributed by atoms with E-state index in [2.05, 4.69) is 15.3 Å². The first kappa shape index (κ1) is 15.4. The van der Waals surface area contributed by atoms with Crippen LogP contribution in [0, 0.1) is 0 Å². The van der Waals surface area contributed by atoms with Gasteiger partial charge >= 0.3 is 0 Å². The standard InChI is InChI=1S/C17H20N4O2/c18-16-10-19-9-15(21-16)11-2-1-3-12(8-11)17(23)20-13-4-6-14(22)7-5-13/h1-3,8-10,13-14,22H,4-7H2,(H2,18,21)(H,20,23). The number of rotatable bonds is 3. The van der Waals surface area contributed by atoms with Crippen LogP contribution in [-0.2, 0) is 0 Å². The SMILES string of the molecule is Nc1cncc(-c2cccc(C(=O)NC3CCC(O)CC3)c2)n1. The first-order valence-corrected chi connectivity index (χ1v) is 7.78. The normalized spacial score (nSPS) is 20.9. The molecule has 0 atom stereocenters. The minimum absolute atomic E-state index is 0.106. The maximum Gasteiger partial charge on any atom is 0.251 e. The fraction of sp³-hybridized carbons (Fsp3) is 0.353. The molecule has 2 aromatic rings. The van der Waals surface area contributed by atoms with Gasteiger partial charge in [0.15, 0.2) is 0 Å². The maximum atomic E-state index is 12.4. The Morgan fingerprint density at radius 2 is 2.00 bits per heavy atom. The minimum Gasteiger partial charge on any atom is -0.393 e. The molecule has 1 heterocycles. The average Bonchev–Trinajstić information content (AvgIpc) is 2.57. The number of hydrogen-bond donors (Lipinski definition) is 3. The lowest BCUT2D eigenvalue weighted by molar-refractivity contribution is 0.0867. The highest BCUT2D eigenvalue weighted by Crippen LogP contribution is 2.21. The van der Waals surface area contributed by atoms with Crippen LogP contribution in [0.5, 0.6) is 0 Å². The van der Waals surface area contributed by atoms with Gasteiger partial charge in [-0.1, -0.05) is 12.1 Å². The molecule has 0 bridgehead atoms. The summed E-state index contributed by atoms with van der Waals surface area (Å²) in [6, 6.07) is 7.38. The van der Waals surface area contributed by atoms with Gasteiger partial charge in [-0.3, -0.25) is 9.78 Å². The van der Waals surface area contributed by atoms with E-state index >= 15 is 0 Å². The summed E-state index contributed by atoms with van der Waals surface area (Å²) in [4.78, 5) is 20.7. The predicted molar refractivity (Wildman–Crippen MR) is 87.6 cm³/mol. The third-order valence-corrected chi connectivity index (χ3v) is 4.11. The Kier molecular flexibility index (Phi) is 4.52. The number of aromatic nitrogens is 2. The van der Waals surface area contributed by atoms with Crippen LogP contribution in [0.3, 0.4) is 0 Å². The summed E-state index contributed by atoms with van der Waals surface area (Å²) in [5.74, 6) is 0.239. The van der Waals surface area contributed by atoms with Gasteiger partial charge in [0.05, 0.1) is 24.2 Å². The highest BCUT2D eigenvalue weighted by molar-refractivity contribution is 5.95. The van der Waals surface area contributed by atoms with Crippen LogP contribution in [0.2, 0.25) is 0 Å². The molecule has 0 aliphatic heterocycles. The Balaban J connectivity index is 1.73. The van der Waals surface area contributed by atoms with Crippen molar-refractivity contribution in [2.75, 3.05) is 5.73 Å². The van der Waals surface area contributed by atoms with Gasteiger partial charge in [0, 0.05) is 17.2 Å². The number of nitrogens with one attached hydrogen (secondary N) is 1. The second kappa shape index (κ2) is 6.75. The third-order valence-electron chi connectivity index (χ3n) is 4.11. The molecule has 6 heteroatoms. The largest absolute Gasteiger partial charge is 0.393 e. The molecule has 1 aliphatic rings. The van der Waals surface area contributed by atoms with Gasteiger partial charge in [-0.05, 0) is 37.8 Å². The number of nitrogens with two attached hydrogens (primary N) is 1. The first-order chi connectivity index (χ1) is 11.1. The number of anilines is 1. The van der Waals surface area contributed by atoms with Crippen molar-refractivity contribution in [2.45, 2.75) is 37.8 Å². The van der Waals surface area contributed by atoms with Gasteiger partial charge in [-0.25, -0.2) is 4.98 Å². The fourth-order valence-electron chi connectivity index (χ4n) is 2.83. The first-order valence-electron chi connectivity index (χ1n) is 7.78. The van der Waals surface area contributed by atoms with Gasteiger partial charge in [0.25, 0.3) is 5.91 Å². The molecule has 1 aliphatic carbocycles. The molecule has 23 heavy (non-hydrogen) atoms. The van der Waals surface area contributed by atoms with Crippen LogP contribution >= 0.6 is 0 Å². The molecule has 4 N–H and O–H groups in total. The summed E-state index contributed by atoms with van der Waals surface area (Å²) < 4.78 is 0. The molecular weight excluding hydrogens is 292 g/mol. The van der Waals surface area contributed by atoms with E-state index in [1.807, 2.05) is 12.1 Å². The van der Waals surface area contributed by atoms with Gasteiger partial charge in [0.1, 0.15) is 5.82 Å². The van der Waals surface area contributed by atoms with Crippen molar-refractivity contribution in [3.8, 4) is 11.3 Å². The van der Waals surface area contributed by atoms with Crippen molar-refractivity contribution in [3.05, 3.63) is 42.2 Å². The second-order valence-electron chi connectivity index (χ2n) is 5.89. The molecule has 6 nitrogen and oxygen atoms in total. The Bertz CT molecular complexity index is 696. The molecule has 1 aromatic heterocycles. The van der Waals surface area contributed by atoms with E-state index in [0.29, 0.717) is 17.1 Å². The predicted octanol–water partition coefficient (Wildman–Crippen LogP) is 1.76. The monoisotopic (exact) mass is 312 g/mol. The smallest absolute Gasteiger partial charge is 0.251 e. The van der Waals surface area contributed by atoms with Gasteiger partial charge in [0.2, 0.25) is 0 Å². The number of aliphatic hydroxyl groups is 1. The topological polar surface area (TPSA) is 101 Å².